The summed E-state index contributed by atoms with van der Waals surface area (Å²) in [7, 11) is -1.97. The van der Waals surface area contributed by atoms with Crippen LogP contribution >= 0.6 is 0 Å². The van der Waals surface area contributed by atoms with Crippen LogP contribution in [0.2, 0.25) is 0 Å². The predicted molar refractivity (Wildman–Crippen MR) is 54.4 cm³/mol. The molecule has 0 fully saturated rings. The maximum absolute atomic E-state index is 9.19. The molecule has 0 amide bonds. The van der Waals surface area contributed by atoms with E-state index < -0.39 is 10.2 Å². The van der Waals surface area contributed by atoms with Crippen molar-refractivity contribution in [3.8, 4) is 0 Å². The molecule has 0 saturated heterocycles. The third kappa shape index (κ3) is 11.1. The van der Waals surface area contributed by atoms with Crippen LogP contribution in [0.4, 0.5) is 0 Å². The lowest BCUT2D eigenvalue weighted by atomic mass is 10.2. The van der Waals surface area contributed by atoms with Crippen molar-refractivity contribution in [1.29, 1.82) is 0 Å². The van der Waals surface area contributed by atoms with Crippen molar-refractivity contribution in [3.05, 3.63) is 35.9 Å². The highest BCUT2D eigenvalue weighted by Crippen LogP contribution is 1.98. The van der Waals surface area contributed by atoms with E-state index in [-0.39, 0.29) is 0 Å². The summed E-state index contributed by atoms with van der Waals surface area (Å²) in [5.41, 5.74) is 1.22. The van der Waals surface area contributed by atoms with Crippen LogP contribution in [0.5, 0.6) is 0 Å². The zero-order chi connectivity index (χ0) is 11.0. The molecule has 1 rings (SSSR count). The van der Waals surface area contributed by atoms with Gasteiger partial charge in [-0.25, -0.2) is 10.3 Å². The van der Waals surface area contributed by atoms with Crippen LogP contribution in [0.3, 0.4) is 0 Å². The SMILES string of the molecule is COCc1ccccc1.NS(N)(=O)=O. The molecule has 0 saturated carbocycles. The summed E-state index contributed by atoms with van der Waals surface area (Å²) in [6.07, 6.45) is 0. The lowest BCUT2D eigenvalue weighted by molar-refractivity contribution is 0.185. The van der Waals surface area contributed by atoms with Crippen molar-refractivity contribution < 1.29 is 13.2 Å². The molecule has 0 heterocycles. The van der Waals surface area contributed by atoms with Gasteiger partial charge in [0.25, 0.3) is 10.2 Å². The van der Waals surface area contributed by atoms with E-state index >= 15 is 0 Å². The van der Waals surface area contributed by atoms with E-state index in [0.29, 0.717) is 6.61 Å². The van der Waals surface area contributed by atoms with Crippen molar-refractivity contribution in [2.24, 2.45) is 10.3 Å². The van der Waals surface area contributed by atoms with Gasteiger partial charge in [0.05, 0.1) is 6.61 Å². The first-order valence-corrected chi connectivity index (χ1v) is 5.38. The van der Waals surface area contributed by atoms with Gasteiger partial charge in [-0.15, -0.1) is 0 Å². The van der Waals surface area contributed by atoms with Crippen LogP contribution in [0, 0.1) is 0 Å². The third-order valence-corrected chi connectivity index (χ3v) is 1.15. The lowest BCUT2D eigenvalue weighted by Crippen LogP contribution is -2.21. The zero-order valence-electron chi connectivity index (χ0n) is 7.88. The van der Waals surface area contributed by atoms with Crippen molar-refractivity contribution in [1.82, 2.24) is 0 Å². The van der Waals surface area contributed by atoms with Gasteiger partial charge in [-0.3, -0.25) is 0 Å². The zero-order valence-corrected chi connectivity index (χ0v) is 8.70. The first-order valence-electron chi connectivity index (χ1n) is 3.77. The van der Waals surface area contributed by atoms with Gasteiger partial charge in [-0.2, -0.15) is 8.42 Å². The molecule has 0 spiro atoms. The Hall–Kier alpha value is -0.950. The molecule has 6 heteroatoms. The van der Waals surface area contributed by atoms with Gasteiger partial charge < -0.3 is 4.74 Å². The molecule has 1 aromatic rings. The van der Waals surface area contributed by atoms with Gasteiger partial charge in [0.15, 0.2) is 0 Å². The van der Waals surface area contributed by atoms with E-state index in [2.05, 4.69) is 10.3 Å². The van der Waals surface area contributed by atoms with Gasteiger partial charge in [-0.05, 0) is 5.56 Å². The fourth-order valence-electron chi connectivity index (χ4n) is 0.741. The Morgan fingerprint density at radius 1 is 1.21 bits per heavy atom. The van der Waals surface area contributed by atoms with Crippen molar-refractivity contribution in [2.45, 2.75) is 6.61 Å². The Morgan fingerprint density at radius 2 is 1.64 bits per heavy atom. The average molecular weight is 218 g/mol. The second-order valence-corrected chi connectivity index (χ2v) is 3.69. The van der Waals surface area contributed by atoms with Gasteiger partial charge in [0.1, 0.15) is 0 Å². The Balaban J connectivity index is 0.000000292. The summed E-state index contributed by atoms with van der Waals surface area (Å²) in [5.74, 6) is 0. The molecule has 0 aliphatic carbocycles. The number of nitrogens with two attached hydrogens (primary N) is 2. The second kappa shape index (κ2) is 6.50. The standard InChI is InChI=1S/C8H10O.H4N2O2S/c1-9-7-8-5-3-2-4-6-8;1-5(2,3)4/h2-6H,7H2,1H3;(H4,1,2,3,4). The number of benzene rings is 1. The maximum Gasteiger partial charge on any atom is 0.271 e. The highest BCUT2D eigenvalue weighted by molar-refractivity contribution is 7.86. The maximum atomic E-state index is 9.19. The van der Waals surface area contributed by atoms with Gasteiger partial charge >= 0.3 is 0 Å². The fraction of sp³-hybridized carbons (Fsp3) is 0.250. The van der Waals surface area contributed by atoms with Crippen LogP contribution in [-0.2, 0) is 21.6 Å². The summed E-state index contributed by atoms with van der Waals surface area (Å²) in [4.78, 5) is 0. The molecule has 1 aromatic carbocycles. The second-order valence-electron chi connectivity index (χ2n) is 2.51. The van der Waals surface area contributed by atoms with Crippen molar-refractivity contribution in [3.63, 3.8) is 0 Å². The molecular weight excluding hydrogens is 204 g/mol. The number of rotatable bonds is 2. The van der Waals surface area contributed by atoms with E-state index in [1.54, 1.807) is 7.11 Å². The van der Waals surface area contributed by atoms with Crippen molar-refractivity contribution in [2.75, 3.05) is 7.11 Å². The highest BCUT2D eigenvalue weighted by Gasteiger charge is 1.84. The van der Waals surface area contributed by atoms with E-state index in [4.69, 9.17) is 4.74 Å². The monoisotopic (exact) mass is 218 g/mol. The Morgan fingerprint density at radius 3 is 2.00 bits per heavy atom. The predicted octanol–water partition coefficient (Wildman–Crippen LogP) is -0.0184. The van der Waals surface area contributed by atoms with E-state index in [1.807, 2.05) is 30.3 Å². The number of methoxy groups -OCH3 is 1. The van der Waals surface area contributed by atoms with Gasteiger partial charge in [0.2, 0.25) is 0 Å². The van der Waals surface area contributed by atoms with E-state index in [9.17, 15) is 8.42 Å². The summed E-state index contributed by atoms with van der Waals surface area (Å²) in [6, 6.07) is 10.1. The topological polar surface area (TPSA) is 95.4 Å². The summed E-state index contributed by atoms with van der Waals surface area (Å²) in [6.45, 7) is 0.709. The highest BCUT2D eigenvalue weighted by atomic mass is 32.2. The lowest BCUT2D eigenvalue weighted by Gasteiger charge is -1.95. The number of hydrogen-bond donors (Lipinski definition) is 2. The molecule has 0 aliphatic heterocycles. The quantitative estimate of drug-likeness (QED) is 0.730. The molecule has 4 N–H and O–H groups in total. The fourth-order valence-corrected chi connectivity index (χ4v) is 0.741. The molecule has 0 unspecified atom stereocenters. The first kappa shape index (κ1) is 13.1. The summed E-state index contributed by atoms with van der Waals surface area (Å²) >= 11 is 0. The minimum atomic E-state index is -3.67. The summed E-state index contributed by atoms with van der Waals surface area (Å²) < 4.78 is 23.3. The van der Waals surface area contributed by atoms with Crippen LogP contribution in [-0.4, -0.2) is 15.5 Å². The third-order valence-electron chi connectivity index (χ3n) is 1.15. The number of hydrogen-bond acceptors (Lipinski definition) is 3. The van der Waals surface area contributed by atoms with Crippen LogP contribution in [0.1, 0.15) is 5.56 Å². The Kier molecular flexibility index (Phi) is 6.06. The Bertz CT molecular complexity index is 329. The minimum absolute atomic E-state index is 0.709. The van der Waals surface area contributed by atoms with Gasteiger partial charge in [0, 0.05) is 7.11 Å². The summed E-state index contributed by atoms with van der Waals surface area (Å²) in [5, 5.41) is 8.21. The molecule has 0 aliphatic rings. The average Bonchev–Trinajstić information content (AvgIpc) is 2.03. The molecule has 5 nitrogen and oxygen atoms in total. The van der Waals surface area contributed by atoms with Crippen LogP contribution in [0.15, 0.2) is 30.3 Å². The Labute approximate surface area is 83.9 Å². The molecule has 0 aromatic heterocycles. The number of ether oxygens (including phenoxy) is 1. The van der Waals surface area contributed by atoms with Crippen molar-refractivity contribution >= 4 is 10.2 Å². The largest absolute Gasteiger partial charge is 0.380 e. The van der Waals surface area contributed by atoms with E-state index in [0.717, 1.165) is 0 Å². The van der Waals surface area contributed by atoms with E-state index in [1.165, 1.54) is 5.56 Å². The normalized spacial score (nSPS) is 10.2. The molecule has 0 atom stereocenters. The minimum Gasteiger partial charge on any atom is -0.380 e. The molecule has 0 bridgehead atoms. The van der Waals surface area contributed by atoms with Gasteiger partial charge in [-0.1, -0.05) is 30.3 Å². The van der Waals surface area contributed by atoms with Crippen LogP contribution < -0.4 is 10.3 Å². The van der Waals surface area contributed by atoms with Crippen LogP contribution in [0.25, 0.3) is 0 Å². The molecular formula is C8H14N2O3S. The molecule has 80 valence electrons. The molecule has 14 heavy (non-hydrogen) atoms. The smallest absolute Gasteiger partial charge is 0.271 e. The first-order chi connectivity index (χ1) is 6.43. The molecule has 0 radical (unpaired) electrons.